The maximum absolute atomic E-state index is 2.41. The van der Waals surface area contributed by atoms with Crippen LogP contribution < -0.4 is 0 Å². The third-order valence-corrected chi connectivity index (χ3v) is 34.3. The number of hydrogen-bond donors (Lipinski definition) is 0. The standard InChI is InChI=1S/5C28H24.5CH4/c1-16(2)27-17(3)8-11-23-25(27)14-19-10-13-22-21-12-9-18-6-4-5-7-20(18)24(21)15-26(22)28(19)23;1-16(2)26-17(3)8-12-22-24(26)14-20-11-13-23-25(28(20)22)15-19-10-9-18-6-4-5-7-21(18)27(19)23;1-16(2)27-17(3)8-11-22-21-12-13-23-24(25(21)15-26(22)27)14-19-10-9-18-6-4-5-7-20(18)28(19)23;1-16(2)27-17(3)8-10-23-26(27)14-20-9-11-22-24-13-19-7-5-4-6-18(19)12-21(24)15-25(22)28(20)23;1-16(2)28-17(3)8-9-22-21-10-11-23-24-13-19-7-5-4-6-18(19)12-20(24)14-25(23)26(21)15-27(22)28;;;;;/h5*4-13,16H,14-15H2,1-3H3;5*1H4. The molecule has 0 amide bonds. The van der Waals surface area contributed by atoms with Gasteiger partial charge in [-0.15, -0.1) is 0 Å². The number of hydrogen-bond acceptors (Lipinski definition) is 0. The third kappa shape index (κ3) is 15.1. The van der Waals surface area contributed by atoms with Crippen LogP contribution in [0.4, 0.5) is 0 Å². The van der Waals surface area contributed by atoms with Crippen molar-refractivity contribution in [2.45, 2.75) is 235 Å². The first-order chi connectivity index (χ1) is 68.1. The monoisotopic (exact) mass is 1880 g/mol. The van der Waals surface area contributed by atoms with Crippen LogP contribution >= 0.6 is 0 Å². The molecule has 10 aliphatic carbocycles. The molecule has 0 saturated heterocycles. The summed E-state index contributed by atoms with van der Waals surface area (Å²) in [5, 5.41) is 13.6. The lowest BCUT2D eigenvalue weighted by Crippen LogP contribution is -1.99. The van der Waals surface area contributed by atoms with Gasteiger partial charge in [0.25, 0.3) is 0 Å². The number of fused-ring (bicyclic) bond motifs is 43. The Hall–Kier alpha value is -14.3. The van der Waals surface area contributed by atoms with E-state index in [1.165, 1.54) is 237 Å². The van der Waals surface area contributed by atoms with Crippen LogP contribution in [0.1, 0.15) is 303 Å². The van der Waals surface area contributed by atoms with Crippen molar-refractivity contribution in [3.05, 3.63) is 470 Å². The van der Waals surface area contributed by atoms with Crippen LogP contribution in [0, 0.1) is 34.6 Å². The van der Waals surface area contributed by atoms with Crippen molar-refractivity contribution < 1.29 is 0 Å². The van der Waals surface area contributed by atoms with Crippen molar-refractivity contribution in [2.75, 3.05) is 0 Å². The van der Waals surface area contributed by atoms with E-state index in [0.29, 0.717) is 29.6 Å². The Morgan fingerprint density at radius 1 is 0.145 bits per heavy atom. The Balaban J connectivity index is 0.000000106. The van der Waals surface area contributed by atoms with E-state index in [0.717, 1.165) is 64.2 Å². The SMILES string of the molecule is C.C.C.C.C.Cc1ccc2c(c1C(C)C)Cc1c-2ccc2c1Cc1cc3ccccc3cc1-2.Cc1ccc2c(c1C(C)C)Cc1c-2ccc2c1Cc1ccc3ccccc3c1-2.Cc1ccc2c(c1C(C)C)Cc1ccc3c(c1-2)Cc1c-3ccc2ccccc12.Cc1ccc2c(c1C(C)C)Cc1ccc3c(c1-2)Cc1cc2ccccc2cc1-3.Cc1ccc2c(c1C(C)C)Cc1ccc3c(c1-2)Cc1ccc2ccccc2c1-3. The molecule has 0 spiro atoms. The van der Waals surface area contributed by atoms with Crippen molar-refractivity contribution >= 4 is 53.9 Å². The fourth-order valence-electron chi connectivity index (χ4n) is 28.7. The molecule has 0 aliphatic heterocycles. The molecule has 30 rings (SSSR count). The average Bonchev–Trinajstić information content (AvgIpc) is 1.62. The van der Waals surface area contributed by atoms with Gasteiger partial charge in [-0.05, 0) is 473 Å². The second-order valence-electron chi connectivity index (χ2n) is 43.9. The van der Waals surface area contributed by atoms with Crippen LogP contribution in [0.25, 0.3) is 165 Å². The lowest BCUT2D eigenvalue weighted by atomic mass is 9.89. The number of benzene rings is 20. The second-order valence-corrected chi connectivity index (χ2v) is 43.9. The van der Waals surface area contributed by atoms with E-state index < -0.39 is 0 Å². The number of aryl methyl sites for hydroxylation is 5. The average molecular weight is 1880 g/mol. The molecule has 0 fully saturated rings. The van der Waals surface area contributed by atoms with Gasteiger partial charge in [-0.3, -0.25) is 0 Å². The first-order valence-corrected chi connectivity index (χ1v) is 52.1. The fourth-order valence-corrected chi connectivity index (χ4v) is 28.7. The largest absolute Gasteiger partial charge is 0.0776 e. The maximum Gasteiger partial charge on any atom is -0.000101 e. The predicted octanol–water partition coefficient (Wildman–Crippen LogP) is 40.3. The van der Waals surface area contributed by atoms with Crippen LogP contribution in [-0.4, -0.2) is 0 Å². The summed E-state index contributed by atoms with van der Waals surface area (Å²) in [6.07, 6.45) is 10.8. The Labute approximate surface area is 863 Å². The van der Waals surface area contributed by atoms with Gasteiger partial charge in [0.1, 0.15) is 0 Å². The molecule has 0 N–H and O–H groups in total. The summed E-state index contributed by atoms with van der Waals surface area (Å²) in [5.74, 6) is 2.84. The molecular weight excluding hydrogens is 1740 g/mol. The molecule has 0 nitrogen and oxygen atoms in total. The minimum absolute atomic E-state index is 0. The van der Waals surface area contributed by atoms with Crippen LogP contribution in [0.2, 0.25) is 0 Å². The van der Waals surface area contributed by atoms with E-state index in [4.69, 9.17) is 0 Å². The van der Waals surface area contributed by atoms with Gasteiger partial charge in [0, 0.05) is 0 Å². The molecule has 20 aromatic rings. The van der Waals surface area contributed by atoms with Crippen LogP contribution in [0.15, 0.2) is 303 Å². The van der Waals surface area contributed by atoms with Gasteiger partial charge < -0.3 is 0 Å². The highest BCUT2D eigenvalue weighted by molar-refractivity contribution is 6.07. The summed E-state index contributed by atoms with van der Waals surface area (Å²) in [6, 6.07) is 115. The highest BCUT2D eigenvalue weighted by atomic mass is 14.4. The quantitative estimate of drug-likeness (QED) is 0.161. The van der Waals surface area contributed by atoms with E-state index in [-0.39, 0.29) is 37.1 Å². The Morgan fingerprint density at radius 2 is 0.345 bits per heavy atom. The van der Waals surface area contributed by atoms with Gasteiger partial charge in [0.05, 0.1) is 0 Å². The summed E-state index contributed by atoms with van der Waals surface area (Å²) in [7, 11) is 0. The van der Waals surface area contributed by atoms with Gasteiger partial charge in [0.2, 0.25) is 0 Å². The Morgan fingerprint density at radius 3 is 0.752 bits per heavy atom. The molecule has 0 atom stereocenters. The smallest absolute Gasteiger partial charge is 0.000101 e. The van der Waals surface area contributed by atoms with Crippen LogP contribution in [-0.2, 0) is 64.2 Å². The molecule has 0 aromatic heterocycles. The molecule has 0 unspecified atom stereocenters. The molecule has 0 saturated carbocycles. The van der Waals surface area contributed by atoms with E-state index in [9.17, 15) is 0 Å². The summed E-state index contributed by atoms with van der Waals surface area (Å²) in [4.78, 5) is 0. The first kappa shape index (κ1) is 96.8. The van der Waals surface area contributed by atoms with Crippen molar-refractivity contribution in [1.29, 1.82) is 0 Å². The van der Waals surface area contributed by atoms with Crippen LogP contribution in [0.5, 0.6) is 0 Å². The predicted molar refractivity (Wildman–Crippen MR) is 630 cm³/mol. The van der Waals surface area contributed by atoms with Crippen molar-refractivity contribution in [1.82, 2.24) is 0 Å². The van der Waals surface area contributed by atoms with Gasteiger partial charge >= 0.3 is 0 Å². The lowest BCUT2D eigenvalue weighted by Gasteiger charge is -2.16. The third-order valence-electron chi connectivity index (χ3n) is 34.3. The molecule has 0 radical (unpaired) electrons. The fraction of sp³-hybridized carbons (Fsp3) is 0.241. The molecule has 0 heteroatoms. The Bertz CT molecular complexity index is 8780. The van der Waals surface area contributed by atoms with E-state index in [1.807, 2.05) is 0 Å². The van der Waals surface area contributed by atoms with Crippen LogP contribution in [0.3, 0.4) is 0 Å². The number of rotatable bonds is 5. The molecule has 145 heavy (non-hydrogen) atoms. The molecule has 20 aromatic carbocycles. The van der Waals surface area contributed by atoms with Gasteiger partial charge in [-0.25, -0.2) is 0 Å². The lowest BCUT2D eigenvalue weighted by molar-refractivity contribution is 0.841. The summed E-state index contributed by atoms with van der Waals surface area (Å²) >= 11 is 0. The van der Waals surface area contributed by atoms with Gasteiger partial charge in [-0.1, -0.05) is 398 Å². The first-order valence-electron chi connectivity index (χ1n) is 52.1. The Kier molecular flexibility index (Phi) is 24.8. The summed E-state index contributed by atoms with van der Waals surface area (Å²) in [6.45, 7) is 34.7. The molecule has 10 aliphatic rings. The normalized spacial score (nSPS) is 13.1. The van der Waals surface area contributed by atoms with E-state index in [1.54, 1.807) is 94.6 Å². The zero-order valence-electron chi connectivity index (χ0n) is 83.8. The molecule has 0 bridgehead atoms. The minimum Gasteiger partial charge on any atom is -0.0776 e. The maximum atomic E-state index is 2.41. The molecule has 0 heterocycles. The van der Waals surface area contributed by atoms with E-state index in [2.05, 4.69) is 407 Å². The zero-order valence-corrected chi connectivity index (χ0v) is 83.8. The van der Waals surface area contributed by atoms with Gasteiger partial charge in [-0.2, -0.15) is 0 Å². The second kappa shape index (κ2) is 37.1. The highest BCUT2D eigenvalue weighted by Crippen LogP contribution is 2.58. The zero-order chi connectivity index (χ0) is 95.0. The highest BCUT2D eigenvalue weighted by Gasteiger charge is 2.39. The van der Waals surface area contributed by atoms with E-state index >= 15 is 0 Å². The van der Waals surface area contributed by atoms with Crippen molar-refractivity contribution in [3.8, 4) is 111 Å². The molecular formula is C145H140. The summed E-state index contributed by atoms with van der Waals surface area (Å²) in [5.41, 5.74) is 75.0. The van der Waals surface area contributed by atoms with Crippen molar-refractivity contribution in [2.24, 2.45) is 0 Å². The molecule has 720 valence electrons. The van der Waals surface area contributed by atoms with Gasteiger partial charge in [0.15, 0.2) is 0 Å². The minimum atomic E-state index is 0. The topological polar surface area (TPSA) is 0 Å². The van der Waals surface area contributed by atoms with Crippen molar-refractivity contribution in [3.63, 3.8) is 0 Å². The summed E-state index contributed by atoms with van der Waals surface area (Å²) < 4.78 is 0.